The highest BCUT2D eigenvalue weighted by Crippen LogP contribution is 2.63. The number of para-hydroxylation sites is 1. The maximum absolute atomic E-state index is 2.49. The van der Waals surface area contributed by atoms with E-state index in [0.29, 0.717) is 0 Å². The Balaban J connectivity index is 1.10. The predicted molar refractivity (Wildman–Crippen MR) is 223 cm³/mol. The van der Waals surface area contributed by atoms with Crippen molar-refractivity contribution in [1.82, 2.24) is 0 Å². The fourth-order valence-electron chi connectivity index (χ4n) is 9.00. The van der Waals surface area contributed by atoms with E-state index in [1.807, 2.05) is 11.8 Å². The van der Waals surface area contributed by atoms with E-state index in [0.717, 1.165) is 17.1 Å². The van der Waals surface area contributed by atoms with Crippen molar-refractivity contribution in [3.05, 3.63) is 222 Å². The van der Waals surface area contributed by atoms with E-state index in [1.54, 1.807) is 0 Å². The van der Waals surface area contributed by atoms with E-state index in [4.69, 9.17) is 0 Å². The van der Waals surface area contributed by atoms with Crippen LogP contribution in [0.5, 0.6) is 0 Å². The molecule has 1 unspecified atom stereocenters. The molecule has 1 heterocycles. The average molecular weight is 692 g/mol. The third kappa shape index (κ3) is 4.52. The van der Waals surface area contributed by atoms with Gasteiger partial charge in [0.1, 0.15) is 0 Å². The molecule has 1 aliphatic heterocycles. The van der Waals surface area contributed by atoms with Crippen molar-refractivity contribution in [2.75, 3.05) is 4.90 Å². The molecule has 248 valence electrons. The van der Waals surface area contributed by atoms with Crippen molar-refractivity contribution in [2.45, 2.75) is 15.2 Å². The third-order valence-corrected chi connectivity index (χ3v) is 12.4. The smallest absolute Gasteiger partial charge is 0.0741 e. The second kappa shape index (κ2) is 11.8. The number of hydrogen-bond acceptors (Lipinski definition) is 2. The van der Waals surface area contributed by atoms with Crippen LogP contribution in [0.15, 0.2) is 210 Å². The highest BCUT2D eigenvalue weighted by molar-refractivity contribution is 7.99. The van der Waals surface area contributed by atoms with Crippen LogP contribution in [-0.2, 0) is 5.41 Å². The highest BCUT2D eigenvalue weighted by atomic mass is 32.2. The van der Waals surface area contributed by atoms with E-state index < -0.39 is 5.41 Å². The standard InChI is InChI=1S/C51H33NS/c1-2-15-39(16-3-1)52(41-29-24-34-12-4-5-14-37(34)32-41)40-27-22-35(23-28-40)38-25-30-44-43-18-8-9-19-45(43)51(47(44)33-38)46-20-10-11-21-48(46)53-49-31-26-36-13-6-7-17-42(36)50(49)51/h1-33H. The minimum absolute atomic E-state index is 0.444. The third-order valence-electron chi connectivity index (χ3n) is 11.3. The van der Waals surface area contributed by atoms with Crippen LogP contribution in [0.3, 0.4) is 0 Å². The van der Waals surface area contributed by atoms with E-state index in [9.17, 15) is 0 Å². The highest BCUT2D eigenvalue weighted by Gasteiger charge is 2.51. The van der Waals surface area contributed by atoms with Crippen molar-refractivity contribution in [3.63, 3.8) is 0 Å². The molecule has 0 aromatic heterocycles. The number of benzene rings is 9. The van der Waals surface area contributed by atoms with Gasteiger partial charge in [-0.25, -0.2) is 0 Å². The van der Waals surface area contributed by atoms with Crippen LogP contribution in [-0.4, -0.2) is 0 Å². The van der Waals surface area contributed by atoms with Gasteiger partial charge in [-0.15, -0.1) is 0 Å². The zero-order valence-corrected chi connectivity index (χ0v) is 29.7. The van der Waals surface area contributed by atoms with Gasteiger partial charge in [0, 0.05) is 26.9 Å². The first-order valence-electron chi connectivity index (χ1n) is 18.3. The van der Waals surface area contributed by atoms with Crippen LogP contribution in [0.1, 0.15) is 22.3 Å². The Hall–Kier alpha value is -6.35. The summed E-state index contributed by atoms with van der Waals surface area (Å²) < 4.78 is 0. The minimum atomic E-state index is -0.444. The maximum atomic E-state index is 2.49. The molecule has 0 saturated heterocycles. The molecular weight excluding hydrogens is 659 g/mol. The number of rotatable bonds is 4. The summed E-state index contributed by atoms with van der Waals surface area (Å²) in [7, 11) is 0. The van der Waals surface area contributed by atoms with Crippen molar-refractivity contribution in [3.8, 4) is 22.3 Å². The van der Waals surface area contributed by atoms with Crippen LogP contribution < -0.4 is 4.90 Å². The number of anilines is 3. The van der Waals surface area contributed by atoms with E-state index in [-0.39, 0.29) is 0 Å². The molecule has 9 aromatic rings. The molecule has 1 nitrogen and oxygen atoms in total. The molecule has 2 heteroatoms. The van der Waals surface area contributed by atoms with Crippen molar-refractivity contribution >= 4 is 50.4 Å². The van der Waals surface area contributed by atoms with E-state index in [1.165, 1.54) is 75.8 Å². The summed E-state index contributed by atoms with van der Waals surface area (Å²) in [6, 6.07) is 74.0. The summed E-state index contributed by atoms with van der Waals surface area (Å²) in [5.41, 5.74) is 13.5. The Labute approximate surface area is 313 Å². The number of hydrogen-bond donors (Lipinski definition) is 0. The molecule has 1 spiro atoms. The zero-order chi connectivity index (χ0) is 34.9. The van der Waals surface area contributed by atoms with Gasteiger partial charge < -0.3 is 4.90 Å². The van der Waals surface area contributed by atoms with Gasteiger partial charge in [0.25, 0.3) is 0 Å². The summed E-state index contributed by atoms with van der Waals surface area (Å²) in [5.74, 6) is 0. The van der Waals surface area contributed by atoms with Gasteiger partial charge in [-0.05, 0) is 121 Å². The average Bonchev–Trinajstić information content (AvgIpc) is 3.51. The molecule has 1 aliphatic carbocycles. The molecule has 0 N–H and O–H groups in total. The second-order valence-electron chi connectivity index (χ2n) is 14.1. The molecule has 9 aromatic carbocycles. The van der Waals surface area contributed by atoms with Crippen LogP contribution in [0.25, 0.3) is 43.8 Å². The van der Waals surface area contributed by atoms with Crippen LogP contribution in [0.4, 0.5) is 17.1 Å². The van der Waals surface area contributed by atoms with Crippen molar-refractivity contribution < 1.29 is 0 Å². The second-order valence-corrected chi connectivity index (χ2v) is 15.1. The molecular formula is C51H33NS. The summed E-state index contributed by atoms with van der Waals surface area (Å²) in [6.07, 6.45) is 0. The molecule has 0 bridgehead atoms. The lowest BCUT2D eigenvalue weighted by Gasteiger charge is -2.40. The molecule has 0 amide bonds. The normalized spacial score (nSPS) is 15.2. The van der Waals surface area contributed by atoms with Gasteiger partial charge in [-0.3, -0.25) is 0 Å². The lowest BCUT2D eigenvalue weighted by molar-refractivity contribution is 0.731. The van der Waals surface area contributed by atoms with E-state index in [2.05, 4.69) is 205 Å². The number of fused-ring (bicyclic) bond motifs is 12. The van der Waals surface area contributed by atoms with Crippen molar-refractivity contribution in [2.24, 2.45) is 0 Å². The van der Waals surface area contributed by atoms with Crippen LogP contribution in [0.2, 0.25) is 0 Å². The Morgan fingerprint density at radius 1 is 0.358 bits per heavy atom. The molecule has 0 saturated carbocycles. The lowest BCUT2D eigenvalue weighted by atomic mass is 9.66. The van der Waals surface area contributed by atoms with Crippen LogP contribution in [0, 0.1) is 0 Å². The first kappa shape index (κ1) is 30.3. The molecule has 11 rings (SSSR count). The van der Waals surface area contributed by atoms with Gasteiger partial charge in [0.15, 0.2) is 0 Å². The maximum Gasteiger partial charge on any atom is 0.0741 e. The summed E-state index contributed by atoms with van der Waals surface area (Å²) in [5, 5.41) is 5.07. The van der Waals surface area contributed by atoms with Gasteiger partial charge >= 0.3 is 0 Å². The quantitative estimate of drug-likeness (QED) is 0.181. The predicted octanol–water partition coefficient (Wildman–Crippen LogP) is 14.0. The first-order chi connectivity index (χ1) is 26.3. The Kier molecular flexibility index (Phi) is 6.77. The minimum Gasteiger partial charge on any atom is -0.310 e. The van der Waals surface area contributed by atoms with Gasteiger partial charge in [0.05, 0.1) is 5.41 Å². The van der Waals surface area contributed by atoms with Crippen molar-refractivity contribution in [1.29, 1.82) is 0 Å². The van der Waals surface area contributed by atoms with Gasteiger partial charge in [0.2, 0.25) is 0 Å². The summed E-state index contributed by atoms with van der Waals surface area (Å²) in [4.78, 5) is 5.00. The summed E-state index contributed by atoms with van der Waals surface area (Å²) >= 11 is 1.90. The Bertz CT molecular complexity index is 2870. The topological polar surface area (TPSA) is 3.24 Å². The first-order valence-corrected chi connectivity index (χ1v) is 19.1. The Morgan fingerprint density at radius 3 is 1.85 bits per heavy atom. The molecule has 53 heavy (non-hydrogen) atoms. The number of nitrogens with zero attached hydrogens (tertiary/aromatic N) is 1. The molecule has 1 atom stereocenters. The van der Waals surface area contributed by atoms with Gasteiger partial charge in [-0.1, -0.05) is 157 Å². The molecule has 0 fully saturated rings. The zero-order valence-electron chi connectivity index (χ0n) is 28.9. The SMILES string of the molecule is c1ccc(N(c2ccc(-c3ccc4c(c3)C3(c5ccccc5Sc5ccc6ccccc6c53)c3ccccc3-4)cc2)c2ccc3ccccc3c2)cc1. The summed E-state index contributed by atoms with van der Waals surface area (Å²) in [6.45, 7) is 0. The fourth-order valence-corrected chi connectivity index (χ4v) is 10.2. The fraction of sp³-hybridized carbons (Fsp3) is 0.0196. The molecule has 2 aliphatic rings. The van der Waals surface area contributed by atoms with Gasteiger partial charge in [-0.2, -0.15) is 0 Å². The largest absolute Gasteiger partial charge is 0.310 e. The monoisotopic (exact) mass is 691 g/mol. The molecule has 0 radical (unpaired) electrons. The van der Waals surface area contributed by atoms with Crippen LogP contribution >= 0.6 is 11.8 Å². The lowest BCUT2D eigenvalue weighted by Crippen LogP contribution is -2.32. The van der Waals surface area contributed by atoms with E-state index >= 15 is 0 Å². The Morgan fingerprint density at radius 2 is 0.981 bits per heavy atom.